The van der Waals surface area contributed by atoms with Crippen molar-refractivity contribution in [2.75, 3.05) is 36.0 Å². The molecule has 1 fully saturated rings. The second-order valence-corrected chi connectivity index (χ2v) is 10.0. The van der Waals surface area contributed by atoms with Crippen LogP contribution in [0.5, 0.6) is 0 Å². The van der Waals surface area contributed by atoms with E-state index in [2.05, 4.69) is 22.8 Å². The van der Waals surface area contributed by atoms with Gasteiger partial charge in [-0.3, -0.25) is 9.80 Å². The van der Waals surface area contributed by atoms with Gasteiger partial charge in [0.25, 0.3) is 0 Å². The van der Waals surface area contributed by atoms with Gasteiger partial charge in [0.05, 0.1) is 0 Å². The molecule has 180 valence electrons. The molecule has 2 aliphatic heterocycles. The Bertz CT molecular complexity index is 943. The van der Waals surface area contributed by atoms with Crippen LogP contribution < -0.4 is 20.4 Å². The zero-order chi connectivity index (χ0) is 23.3. The zero-order valence-electron chi connectivity index (χ0n) is 20.0. The predicted octanol–water partition coefficient (Wildman–Crippen LogP) is 5.12. The first kappa shape index (κ1) is 22.8. The normalized spacial score (nSPS) is 21.9. The van der Waals surface area contributed by atoms with Gasteiger partial charge in [0.2, 0.25) is 0 Å². The molecular formula is C28H36N4O2. The third-order valence-corrected chi connectivity index (χ3v) is 7.69. The number of hydrogen-bond donors (Lipinski definition) is 2. The maximum Gasteiger partial charge on any atom is 0.321 e. The second kappa shape index (κ2) is 10.5. The van der Waals surface area contributed by atoms with Crippen molar-refractivity contribution >= 4 is 23.4 Å². The third-order valence-electron chi connectivity index (χ3n) is 7.69. The lowest BCUT2D eigenvalue weighted by Gasteiger charge is -2.33. The van der Waals surface area contributed by atoms with Gasteiger partial charge in [-0.05, 0) is 80.0 Å². The van der Waals surface area contributed by atoms with Crippen LogP contribution in [-0.2, 0) is 12.8 Å². The number of fused-ring (bicyclic) bond motifs is 2. The van der Waals surface area contributed by atoms with Crippen LogP contribution in [0.15, 0.2) is 48.5 Å². The molecule has 0 aromatic heterocycles. The molecule has 4 amide bonds. The number of urea groups is 2. The molecule has 2 atom stereocenters. The summed E-state index contributed by atoms with van der Waals surface area (Å²) in [6.07, 6.45) is 8.59. The second-order valence-electron chi connectivity index (χ2n) is 10.0. The number of nitrogens with one attached hydrogen (secondary N) is 2. The molecule has 0 radical (unpaired) electrons. The number of hydrogen-bond acceptors (Lipinski definition) is 2. The quantitative estimate of drug-likeness (QED) is 0.665. The van der Waals surface area contributed by atoms with Crippen molar-refractivity contribution in [2.24, 2.45) is 11.8 Å². The number of aryl methyl sites for hydroxylation is 2. The van der Waals surface area contributed by atoms with Gasteiger partial charge < -0.3 is 10.6 Å². The van der Waals surface area contributed by atoms with E-state index in [-0.39, 0.29) is 12.1 Å². The summed E-state index contributed by atoms with van der Waals surface area (Å²) in [5.74, 6) is 0.936. The van der Waals surface area contributed by atoms with Crippen molar-refractivity contribution in [1.29, 1.82) is 0 Å². The molecule has 2 aromatic rings. The molecule has 0 bridgehead atoms. The van der Waals surface area contributed by atoms with Gasteiger partial charge in [0.1, 0.15) is 0 Å². The topological polar surface area (TPSA) is 64.7 Å². The number of carbonyl (C=O) groups is 2. The molecule has 0 saturated heterocycles. The van der Waals surface area contributed by atoms with Gasteiger partial charge in [-0.25, -0.2) is 9.59 Å². The molecule has 34 heavy (non-hydrogen) atoms. The molecule has 3 aliphatic rings. The van der Waals surface area contributed by atoms with E-state index in [9.17, 15) is 9.59 Å². The minimum Gasteiger partial charge on any atom is -0.337 e. The van der Waals surface area contributed by atoms with Crippen LogP contribution in [0.25, 0.3) is 0 Å². The highest BCUT2D eigenvalue weighted by molar-refractivity contribution is 5.94. The molecule has 1 aliphatic carbocycles. The van der Waals surface area contributed by atoms with Crippen molar-refractivity contribution in [3.63, 3.8) is 0 Å². The molecule has 2 N–H and O–H groups in total. The van der Waals surface area contributed by atoms with E-state index in [1.807, 2.05) is 46.2 Å². The monoisotopic (exact) mass is 460 g/mol. The highest BCUT2D eigenvalue weighted by Crippen LogP contribution is 2.30. The first-order valence-corrected chi connectivity index (χ1v) is 13.0. The van der Waals surface area contributed by atoms with Gasteiger partial charge in [-0.1, -0.05) is 42.8 Å². The van der Waals surface area contributed by atoms with Gasteiger partial charge in [-0.2, -0.15) is 0 Å². The largest absolute Gasteiger partial charge is 0.337 e. The van der Waals surface area contributed by atoms with E-state index < -0.39 is 0 Å². The first-order chi connectivity index (χ1) is 16.7. The minimum atomic E-state index is 0.0198. The summed E-state index contributed by atoms with van der Waals surface area (Å²) < 4.78 is 0. The average Bonchev–Trinajstić information content (AvgIpc) is 2.90. The lowest BCUT2D eigenvalue weighted by atomic mass is 9.81. The summed E-state index contributed by atoms with van der Waals surface area (Å²) in [5, 5.41) is 6.41. The molecule has 0 spiro atoms. The summed E-state index contributed by atoms with van der Waals surface area (Å²) in [5.41, 5.74) is 4.62. The summed E-state index contributed by atoms with van der Waals surface area (Å²) in [6.45, 7) is 2.98. The van der Waals surface area contributed by atoms with Gasteiger partial charge >= 0.3 is 12.1 Å². The van der Waals surface area contributed by atoms with Crippen LogP contribution in [-0.4, -0.2) is 38.2 Å². The first-order valence-electron chi connectivity index (χ1n) is 13.0. The fourth-order valence-corrected chi connectivity index (χ4v) is 5.92. The third kappa shape index (κ3) is 5.06. The van der Waals surface area contributed by atoms with Crippen molar-refractivity contribution in [3.05, 3.63) is 59.7 Å². The Kier molecular flexibility index (Phi) is 7.02. The standard InChI is InChI=1S/C28H36N4O2/c33-27(31-16-6-12-23-10-1-3-14-25(23)31)29-19-21-8-5-9-22(18-21)20-30-28(34)32-17-7-13-24-11-2-4-15-26(24)32/h1-4,10-11,14-15,21-22H,5-9,12-13,16-20H2,(H,29,33)(H,30,34)/t21-,22+. The van der Waals surface area contributed by atoms with Crippen molar-refractivity contribution in [3.8, 4) is 0 Å². The Morgan fingerprint density at radius 1 is 0.706 bits per heavy atom. The van der Waals surface area contributed by atoms with E-state index in [4.69, 9.17) is 0 Å². The molecule has 2 heterocycles. The van der Waals surface area contributed by atoms with Crippen LogP contribution >= 0.6 is 0 Å². The molecule has 6 heteroatoms. The number of benzene rings is 2. The van der Waals surface area contributed by atoms with E-state index in [1.54, 1.807) is 0 Å². The van der Waals surface area contributed by atoms with Gasteiger partial charge in [0, 0.05) is 37.6 Å². The van der Waals surface area contributed by atoms with E-state index >= 15 is 0 Å². The molecule has 1 saturated carbocycles. The highest BCUT2D eigenvalue weighted by atomic mass is 16.2. The molecule has 6 nitrogen and oxygen atoms in total. The Morgan fingerprint density at radius 2 is 1.18 bits per heavy atom. The van der Waals surface area contributed by atoms with Crippen molar-refractivity contribution in [1.82, 2.24) is 10.6 Å². The molecular weight excluding hydrogens is 424 g/mol. The minimum absolute atomic E-state index is 0.0198. The van der Waals surface area contributed by atoms with E-state index in [0.717, 1.165) is 75.8 Å². The Hall–Kier alpha value is -3.02. The number of anilines is 2. The van der Waals surface area contributed by atoms with Crippen LogP contribution in [0.4, 0.5) is 21.0 Å². The van der Waals surface area contributed by atoms with Crippen LogP contribution in [0.2, 0.25) is 0 Å². The Morgan fingerprint density at radius 3 is 1.68 bits per heavy atom. The Balaban J connectivity index is 1.10. The van der Waals surface area contributed by atoms with E-state index in [1.165, 1.54) is 11.1 Å². The number of amides is 4. The predicted molar refractivity (Wildman–Crippen MR) is 136 cm³/mol. The molecule has 5 rings (SSSR count). The van der Waals surface area contributed by atoms with Crippen molar-refractivity contribution < 1.29 is 9.59 Å². The lowest BCUT2D eigenvalue weighted by molar-refractivity contribution is 0.225. The summed E-state index contributed by atoms with van der Waals surface area (Å²) in [7, 11) is 0. The smallest absolute Gasteiger partial charge is 0.321 e. The van der Waals surface area contributed by atoms with Crippen LogP contribution in [0, 0.1) is 11.8 Å². The summed E-state index contributed by atoms with van der Waals surface area (Å²) in [4.78, 5) is 29.7. The van der Waals surface area contributed by atoms with Crippen molar-refractivity contribution in [2.45, 2.75) is 51.4 Å². The zero-order valence-corrected chi connectivity index (χ0v) is 20.0. The number of para-hydroxylation sites is 2. The molecule has 0 unspecified atom stereocenters. The fourth-order valence-electron chi connectivity index (χ4n) is 5.92. The highest BCUT2D eigenvalue weighted by Gasteiger charge is 2.27. The van der Waals surface area contributed by atoms with Gasteiger partial charge in [0.15, 0.2) is 0 Å². The lowest BCUT2D eigenvalue weighted by Crippen LogP contribution is -2.46. The van der Waals surface area contributed by atoms with Crippen LogP contribution in [0.3, 0.4) is 0 Å². The number of nitrogens with zero attached hydrogens (tertiary/aromatic N) is 2. The Labute approximate surface area is 202 Å². The van der Waals surface area contributed by atoms with E-state index in [0.29, 0.717) is 24.9 Å². The SMILES string of the molecule is O=C(NC[C@H]1CCC[C@@H](CNC(=O)N2CCCc3ccccc32)C1)N1CCCc2ccccc21. The number of carbonyl (C=O) groups excluding carboxylic acids is 2. The molecule has 2 aromatic carbocycles. The van der Waals surface area contributed by atoms with Crippen LogP contribution in [0.1, 0.15) is 49.7 Å². The summed E-state index contributed by atoms with van der Waals surface area (Å²) in [6, 6.07) is 16.5. The maximum atomic E-state index is 12.9. The maximum absolute atomic E-state index is 12.9. The average molecular weight is 461 g/mol. The fraction of sp³-hybridized carbons (Fsp3) is 0.500. The summed E-state index contributed by atoms with van der Waals surface area (Å²) >= 11 is 0. The van der Waals surface area contributed by atoms with Gasteiger partial charge in [-0.15, -0.1) is 0 Å². The number of rotatable bonds is 4.